The third-order valence-electron chi connectivity index (χ3n) is 3.53. The van der Waals surface area contributed by atoms with Crippen LogP contribution in [-0.2, 0) is 11.2 Å². The Morgan fingerprint density at radius 1 is 1.42 bits per heavy atom. The van der Waals surface area contributed by atoms with E-state index >= 15 is 0 Å². The Morgan fingerprint density at radius 3 is 2.68 bits per heavy atom. The molecule has 2 unspecified atom stereocenters. The molecule has 0 aliphatic carbocycles. The second-order valence-electron chi connectivity index (χ2n) is 5.92. The number of aliphatic carboxylic acids is 1. The summed E-state index contributed by atoms with van der Waals surface area (Å²) in [5, 5.41) is 22.3. The Balaban J connectivity index is 2.19. The first kappa shape index (κ1) is 14.0. The lowest BCUT2D eigenvalue weighted by molar-refractivity contribution is -0.141. The Morgan fingerprint density at radius 2 is 2.11 bits per heavy atom. The SMILES string of the molecule is CC(C)(O)Cc1ccccc1C1CC(C(=O)O)CN1. The van der Waals surface area contributed by atoms with E-state index in [4.69, 9.17) is 5.11 Å². The molecule has 2 rings (SSSR count). The maximum atomic E-state index is 11.0. The zero-order valence-electron chi connectivity index (χ0n) is 11.4. The number of benzene rings is 1. The van der Waals surface area contributed by atoms with Gasteiger partial charge in [-0.05, 0) is 31.4 Å². The Labute approximate surface area is 113 Å². The number of nitrogens with one attached hydrogen (secondary N) is 1. The summed E-state index contributed by atoms with van der Waals surface area (Å²) in [6.07, 6.45) is 1.18. The van der Waals surface area contributed by atoms with Gasteiger partial charge in [0.25, 0.3) is 0 Å². The molecule has 1 heterocycles. The Bertz CT molecular complexity index is 465. The standard InChI is InChI=1S/C15H21NO3/c1-15(2,19)8-10-5-3-4-6-12(10)13-7-11(9-16-13)14(17)18/h3-6,11,13,16,19H,7-9H2,1-2H3,(H,17,18). The summed E-state index contributed by atoms with van der Waals surface area (Å²) in [6.45, 7) is 4.08. The van der Waals surface area contributed by atoms with E-state index in [0.29, 0.717) is 19.4 Å². The predicted molar refractivity (Wildman–Crippen MR) is 72.9 cm³/mol. The number of carbonyl (C=O) groups is 1. The van der Waals surface area contributed by atoms with Gasteiger partial charge < -0.3 is 15.5 Å². The third-order valence-corrected chi connectivity index (χ3v) is 3.53. The maximum absolute atomic E-state index is 11.0. The minimum atomic E-state index is -0.763. The topological polar surface area (TPSA) is 69.6 Å². The average Bonchev–Trinajstić information content (AvgIpc) is 2.76. The summed E-state index contributed by atoms with van der Waals surface area (Å²) < 4.78 is 0. The summed E-state index contributed by atoms with van der Waals surface area (Å²) in [5.41, 5.74) is 1.42. The summed E-state index contributed by atoms with van der Waals surface area (Å²) in [7, 11) is 0. The van der Waals surface area contributed by atoms with E-state index in [1.54, 1.807) is 13.8 Å². The summed E-state index contributed by atoms with van der Waals surface area (Å²) in [4.78, 5) is 11.0. The van der Waals surface area contributed by atoms with Crippen LogP contribution < -0.4 is 5.32 Å². The van der Waals surface area contributed by atoms with Crippen molar-refractivity contribution in [3.05, 3.63) is 35.4 Å². The molecule has 3 N–H and O–H groups in total. The predicted octanol–water partition coefficient (Wildman–Crippen LogP) is 1.74. The first-order valence-corrected chi connectivity index (χ1v) is 6.63. The van der Waals surface area contributed by atoms with Gasteiger partial charge in [-0.3, -0.25) is 4.79 Å². The van der Waals surface area contributed by atoms with Crippen LogP contribution in [0.3, 0.4) is 0 Å². The molecule has 2 atom stereocenters. The van der Waals surface area contributed by atoms with E-state index in [0.717, 1.165) is 11.1 Å². The lowest BCUT2D eigenvalue weighted by Gasteiger charge is -2.22. The number of hydrogen-bond acceptors (Lipinski definition) is 3. The van der Waals surface area contributed by atoms with Crippen LogP contribution in [0, 0.1) is 5.92 Å². The highest BCUT2D eigenvalue weighted by molar-refractivity contribution is 5.70. The zero-order valence-corrected chi connectivity index (χ0v) is 11.4. The molecule has 4 nitrogen and oxygen atoms in total. The number of aliphatic hydroxyl groups is 1. The Kier molecular flexibility index (Phi) is 3.92. The normalized spacial score (nSPS) is 23.5. The van der Waals surface area contributed by atoms with Crippen molar-refractivity contribution in [2.45, 2.75) is 38.3 Å². The summed E-state index contributed by atoms with van der Waals surface area (Å²) in [5.74, 6) is -1.06. The van der Waals surface area contributed by atoms with Gasteiger partial charge in [-0.1, -0.05) is 24.3 Å². The fraction of sp³-hybridized carbons (Fsp3) is 0.533. The number of rotatable bonds is 4. The van der Waals surface area contributed by atoms with Crippen molar-refractivity contribution in [3.63, 3.8) is 0 Å². The monoisotopic (exact) mass is 263 g/mol. The molecule has 1 fully saturated rings. The minimum absolute atomic E-state index is 0.0691. The van der Waals surface area contributed by atoms with Crippen LogP contribution in [0.15, 0.2) is 24.3 Å². The van der Waals surface area contributed by atoms with Crippen LogP contribution in [0.5, 0.6) is 0 Å². The van der Waals surface area contributed by atoms with Gasteiger partial charge >= 0.3 is 5.97 Å². The van der Waals surface area contributed by atoms with Crippen molar-refractivity contribution >= 4 is 5.97 Å². The molecule has 0 saturated carbocycles. The van der Waals surface area contributed by atoms with Crippen molar-refractivity contribution < 1.29 is 15.0 Å². The molecule has 4 heteroatoms. The quantitative estimate of drug-likeness (QED) is 0.774. The largest absolute Gasteiger partial charge is 0.481 e. The van der Waals surface area contributed by atoms with E-state index < -0.39 is 11.6 Å². The highest BCUT2D eigenvalue weighted by Crippen LogP contribution is 2.30. The number of carboxylic acid groups (broad SMARTS) is 1. The van der Waals surface area contributed by atoms with Gasteiger partial charge in [-0.15, -0.1) is 0 Å². The third kappa shape index (κ3) is 3.55. The van der Waals surface area contributed by atoms with E-state index in [1.165, 1.54) is 0 Å². The molecule has 0 bridgehead atoms. The van der Waals surface area contributed by atoms with Gasteiger partial charge in [0, 0.05) is 19.0 Å². The molecule has 0 spiro atoms. The molecule has 1 saturated heterocycles. The molecule has 0 amide bonds. The average molecular weight is 263 g/mol. The lowest BCUT2D eigenvalue weighted by Crippen LogP contribution is -2.24. The van der Waals surface area contributed by atoms with Gasteiger partial charge in [-0.2, -0.15) is 0 Å². The van der Waals surface area contributed by atoms with E-state index in [-0.39, 0.29) is 12.0 Å². The second kappa shape index (κ2) is 5.31. The van der Waals surface area contributed by atoms with Gasteiger partial charge in [0.15, 0.2) is 0 Å². The van der Waals surface area contributed by atoms with E-state index in [1.807, 2.05) is 24.3 Å². The van der Waals surface area contributed by atoms with Crippen molar-refractivity contribution in [2.75, 3.05) is 6.54 Å². The van der Waals surface area contributed by atoms with Crippen molar-refractivity contribution in [1.82, 2.24) is 5.32 Å². The molecule has 1 aromatic carbocycles. The molecular formula is C15H21NO3. The fourth-order valence-electron chi connectivity index (χ4n) is 2.66. The highest BCUT2D eigenvalue weighted by atomic mass is 16.4. The van der Waals surface area contributed by atoms with E-state index in [9.17, 15) is 9.90 Å². The zero-order chi connectivity index (χ0) is 14.0. The van der Waals surface area contributed by atoms with Crippen LogP contribution in [0.4, 0.5) is 0 Å². The van der Waals surface area contributed by atoms with Gasteiger partial charge in [0.2, 0.25) is 0 Å². The van der Waals surface area contributed by atoms with Crippen LogP contribution in [0.25, 0.3) is 0 Å². The second-order valence-corrected chi connectivity index (χ2v) is 5.92. The first-order valence-electron chi connectivity index (χ1n) is 6.63. The fourth-order valence-corrected chi connectivity index (χ4v) is 2.66. The molecule has 104 valence electrons. The minimum Gasteiger partial charge on any atom is -0.481 e. The van der Waals surface area contributed by atoms with E-state index in [2.05, 4.69) is 5.32 Å². The van der Waals surface area contributed by atoms with Crippen LogP contribution in [0.1, 0.15) is 37.4 Å². The van der Waals surface area contributed by atoms with Crippen LogP contribution in [-0.4, -0.2) is 28.3 Å². The summed E-state index contributed by atoms with van der Waals surface area (Å²) in [6, 6.07) is 8.00. The molecule has 0 radical (unpaired) electrons. The van der Waals surface area contributed by atoms with Gasteiger partial charge in [0.05, 0.1) is 11.5 Å². The van der Waals surface area contributed by atoms with Crippen molar-refractivity contribution in [1.29, 1.82) is 0 Å². The molecule has 19 heavy (non-hydrogen) atoms. The molecular weight excluding hydrogens is 242 g/mol. The molecule has 1 aliphatic rings. The highest BCUT2D eigenvalue weighted by Gasteiger charge is 2.31. The Hall–Kier alpha value is -1.39. The first-order chi connectivity index (χ1) is 8.87. The van der Waals surface area contributed by atoms with Crippen molar-refractivity contribution in [2.24, 2.45) is 5.92 Å². The molecule has 1 aliphatic heterocycles. The summed E-state index contributed by atoms with van der Waals surface area (Å²) >= 11 is 0. The molecule has 0 aromatic heterocycles. The van der Waals surface area contributed by atoms with Gasteiger partial charge in [0.1, 0.15) is 0 Å². The van der Waals surface area contributed by atoms with Crippen LogP contribution >= 0.6 is 0 Å². The molecule has 1 aromatic rings. The number of hydrogen-bond donors (Lipinski definition) is 3. The van der Waals surface area contributed by atoms with Crippen molar-refractivity contribution in [3.8, 4) is 0 Å². The lowest BCUT2D eigenvalue weighted by atomic mass is 9.90. The number of carboxylic acids is 1. The smallest absolute Gasteiger partial charge is 0.307 e. The maximum Gasteiger partial charge on any atom is 0.307 e. The van der Waals surface area contributed by atoms with Crippen LogP contribution in [0.2, 0.25) is 0 Å². The van der Waals surface area contributed by atoms with Gasteiger partial charge in [-0.25, -0.2) is 0 Å².